The molecule has 0 N–H and O–H groups in total. The standard InChI is InChI=1S/C27H21BrN4O5/c1-3-16(2)36-25-18(12-19(28)14-22(25)32(34)35)15-29-31-26(24-13-17-8-4-7-11-23(17)37-24)30-21-10-6-5-9-20(21)27(31)33/h4-16H,3H2,1-2H3/t16-/m0/s1. The lowest BCUT2D eigenvalue weighted by Crippen LogP contribution is -2.20. The Hall–Kier alpha value is -4.31. The number of fused-ring (bicyclic) bond motifs is 2. The molecule has 0 radical (unpaired) electrons. The van der Waals surface area contributed by atoms with Crippen molar-refractivity contribution in [1.29, 1.82) is 0 Å². The van der Waals surface area contributed by atoms with Crippen LogP contribution in [0.4, 0.5) is 5.69 Å². The highest BCUT2D eigenvalue weighted by Crippen LogP contribution is 2.35. The first-order chi connectivity index (χ1) is 17.9. The molecule has 0 aliphatic rings. The van der Waals surface area contributed by atoms with E-state index in [1.807, 2.05) is 38.1 Å². The molecule has 0 aliphatic carbocycles. The van der Waals surface area contributed by atoms with Crippen LogP contribution in [0, 0.1) is 10.1 Å². The SMILES string of the molecule is CC[C@H](C)Oc1c(C=Nn2c(-c3cc4ccccc4o3)nc3ccccc3c2=O)cc(Br)cc1[N+](=O)[O-]. The van der Waals surface area contributed by atoms with Crippen LogP contribution >= 0.6 is 15.9 Å². The Bertz CT molecular complexity index is 1710. The lowest BCUT2D eigenvalue weighted by molar-refractivity contribution is -0.386. The fourth-order valence-electron chi connectivity index (χ4n) is 3.85. The van der Waals surface area contributed by atoms with Crippen molar-refractivity contribution < 1.29 is 14.1 Å². The molecule has 3 aromatic carbocycles. The van der Waals surface area contributed by atoms with Crippen LogP contribution < -0.4 is 10.3 Å². The molecule has 10 heteroatoms. The third-order valence-corrected chi connectivity index (χ3v) is 6.32. The minimum Gasteiger partial charge on any atom is -0.483 e. The summed E-state index contributed by atoms with van der Waals surface area (Å²) < 4.78 is 13.5. The van der Waals surface area contributed by atoms with E-state index in [1.54, 1.807) is 36.4 Å². The Labute approximate surface area is 219 Å². The Morgan fingerprint density at radius 2 is 1.95 bits per heavy atom. The molecular formula is C27H21BrN4O5. The normalized spacial score (nSPS) is 12.4. The van der Waals surface area contributed by atoms with E-state index in [-0.39, 0.29) is 23.4 Å². The molecule has 37 heavy (non-hydrogen) atoms. The Kier molecular flexibility index (Phi) is 6.58. The number of benzene rings is 3. The molecule has 0 spiro atoms. The van der Waals surface area contributed by atoms with Gasteiger partial charge in [-0.05, 0) is 43.7 Å². The number of furan rings is 1. The van der Waals surface area contributed by atoms with Gasteiger partial charge in [0.15, 0.2) is 5.76 Å². The lowest BCUT2D eigenvalue weighted by Gasteiger charge is -2.15. The summed E-state index contributed by atoms with van der Waals surface area (Å²) in [4.78, 5) is 29.5. The van der Waals surface area contributed by atoms with Gasteiger partial charge in [0.05, 0.1) is 28.1 Å². The van der Waals surface area contributed by atoms with Gasteiger partial charge in [0, 0.05) is 21.5 Å². The highest BCUT2D eigenvalue weighted by Gasteiger charge is 2.22. The molecule has 0 saturated carbocycles. The lowest BCUT2D eigenvalue weighted by atomic mass is 10.2. The maximum Gasteiger partial charge on any atom is 0.312 e. The van der Waals surface area contributed by atoms with Gasteiger partial charge in [-0.3, -0.25) is 14.9 Å². The number of rotatable bonds is 7. The van der Waals surface area contributed by atoms with E-state index < -0.39 is 10.5 Å². The smallest absolute Gasteiger partial charge is 0.312 e. The summed E-state index contributed by atoms with van der Waals surface area (Å²) in [7, 11) is 0. The second-order valence-electron chi connectivity index (χ2n) is 8.40. The first-order valence-corrected chi connectivity index (χ1v) is 12.3. The zero-order valence-corrected chi connectivity index (χ0v) is 21.5. The van der Waals surface area contributed by atoms with Gasteiger partial charge in [0.1, 0.15) is 5.58 Å². The number of hydrogen-bond donors (Lipinski definition) is 0. The van der Waals surface area contributed by atoms with Crippen LogP contribution in [-0.4, -0.2) is 26.9 Å². The largest absolute Gasteiger partial charge is 0.483 e. The quantitative estimate of drug-likeness (QED) is 0.127. The second-order valence-corrected chi connectivity index (χ2v) is 9.32. The maximum absolute atomic E-state index is 13.5. The predicted molar refractivity (Wildman–Crippen MR) is 145 cm³/mol. The van der Waals surface area contributed by atoms with Crippen LogP contribution in [0.25, 0.3) is 33.5 Å². The number of nitro groups is 1. The van der Waals surface area contributed by atoms with Crippen LogP contribution in [-0.2, 0) is 0 Å². The van der Waals surface area contributed by atoms with Crippen molar-refractivity contribution in [2.75, 3.05) is 0 Å². The maximum atomic E-state index is 13.5. The molecule has 186 valence electrons. The molecule has 0 amide bonds. The third-order valence-electron chi connectivity index (χ3n) is 5.87. The predicted octanol–water partition coefficient (Wildman–Crippen LogP) is 6.54. The van der Waals surface area contributed by atoms with E-state index in [2.05, 4.69) is 26.0 Å². The summed E-state index contributed by atoms with van der Waals surface area (Å²) in [6, 6.07) is 19.2. The van der Waals surface area contributed by atoms with E-state index in [1.165, 1.54) is 12.3 Å². The van der Waals surface area contributed by atoms with Crippen molar-refractivity contribution in [3.05, 3.63) is 97.2 Å². The molecule has 0 saturated heterocycles. The van der Waals surface area contributed by atoms with Crippen LogP contribution in [0.3, 0.4) is 0 Å². The first kappa shape index (κ1) is 24.4. The summed E-state index contributed by atoms with van der Waals surface area (Å²) in [5.74, 6) is 0.626. The molecule has 0 fully saturated rings. The van der Waals surface area contributed by atoms with Crippen LogP contribution in [0.5, 0.6) is 5.75 Å². The third kappa shape index (κ3) is 4.75. The van der Waals surface area contributed by atoms with Crippen molar-refractivity contribution in [2.45, 2.75) is 26.4 Å². The second kappa shape index (κ2) is 9.98. The Morgan fingerprint density at radius 1 is 1.19 bits per heavy atom. The number of halogens is 1. The average molecular weight is 561 g/mol. The zero-order chi connectivity index (χ0) is 26.1. The highest BCUT2D eigenvalue weighted by molar-refractivity contribution is 9.10. The Morgan fingerprint density at radius 3 is 2.70 bits per heavy atom. The van der Waals surface area contributed by atoms with Crippen LogP contribution in [0.2, 0.25) is 0 Å². The topological polar surface area (TPSA) is 113 Å². The minimum atomic E-state index is -0.511. The summed E-state index contributed by atoms with van der Waals surface area (Å²) in [5.41, 5.74) is 0.844. The van der Waals surface area contributed by atoms with E-state index in [0.29, 0.717) is 38.7 Å². The van der Waals surface area contributed by atoms with Gasteiger partial charge in [-0.2, -0.15) is 9.78 Å². The summed E-state index contributed by atoms with van der Waals surface area (Å²) in [6.45, 7) is 3.74. The summed E-state index contributed by atoms with van der Waals surface area (Å²) >= 11 is 3.33. The van der Waals surface area contributed by atoms with Crippen molar-refractivity contribution in [1.82, 2.24) is 9.66 Å². The van der Waals surface area contributed by atoms with Crippen molar-refractivity contribution in [2.24, 2.45) is 5.10 Å². The summed E-state index contributed by atoms with van der Waals surface area (Å²) in [5, 5.41) is 17.4. The van der Waals surface area contributed by atoms with Crippen LogP contribution in [0.15, 0.2) is 85.5 Å². The molecule has 5 aromatic rings. The van der Waals surface area contributed by atoms with Gasteiger partial charge in [-0.15, -0.1) is 0 Å². The van der Waals surface area contributed by atoms with E-state index in [9.17, 15) is 14.9 Å². The monoisotopic (exact) mass is 560 g/mol. The van der Waals surface area contributed by atoms with Crippen molar-refractivity contribution in [3.8, 4) is 17.3 Å². The van der Waals surface area contributed by atoms with Gasteiger partial charge in [-0.1, -0.05) is 53.2 Å². The number of aromatic nitrogens is 2. The number of para-hydroxylation sites is 2. The molecule has 1 atom stereocenters. The molecule has 0 bridgehead atoms. The van der Waals surface area contributed by atoms with Crippen molar-refractivity contribution in [3.63, 3.8) is 0 Å². The summed E-state index contributed by atoms with van der Waals surface area (Å²) in [6.07, 6.45) is 1.73. The van der Waals surface area contributed by atoms with E-state index in [0.717, 1.165) is 10.1 Å². The van der Waals surface area contributed by atoms with Crippen LogP contribution in [0.1, 0.15) is 25.8 Å². The number of nitro benzene ring substituents is 1. The van der Waals surface area contributed by atoms with Gasteiger partial charge >= 0.3 is 5.69 Å². The molecule has 2 heterocycles. The number of hydrogen-bond acceptors (Lipinski definition) is 7. The molecular weight excluding hydrogens is 540 g/mol. The van der Waals surface area contributed by atoms with E-state index >= 15 is 0 Å². The van der Waals surface area contributed by atoms with Gasteiger partial charge in [0.2, 0.25) is 11.6 Å². The molecule has 2 aromatic heterocycles. The zero-order valence-electron chi connectivity index (χ0n) is 19.9. The molecule has 0 unspecified atom stereocenters. The minimum absolute atomic E-state index is 0.0679. The fraction of sp³-hybridized carbons (Fsp3) is 0.148. The number of nitrogens with zero attached hydrogens (tertiary/aromatic N) is 4. The number of ether oxygens (including phenoxy) is 1. The Balaban J connectivity index is 1.72. The highest BCUT2D eigenvalue weighted by atomic mass is 79.9. The molecule has 0 aliphatic heterocycles. The van der Waals surface area contributed by atoms with E-state index in [4.69, 9.17) is 9.15 Å². The van der Waals surface area contributed by atoms with Gasteiger partial charge in [0.25, 0.3) is 5.56 Å². The molecule has 5 rings (SSSR count). The first-order valence-electron chi connectivity index (χ1n) is 11.6. The molecule has 9 nitrogen and oxygen atoms in total. The van der Waals surface area contributed by atoms with Gasteiger partial charge < -0.3 is 9.15 Å². The average Bonchev–Trinajstić information content (AvgIpc) is 3.33. The van der Waals surface area contributed by atoms with Gasteiger partial charge in [-0.25, -0.2) is 4.98 Å². The fourth-order valence-corrected chi connectivity index (χ4v) is 4.31. The van der Waals surface area contributed by atoms with Crippen molar-refractivity contribution >= 4 is 49.7 Å².